The molecule has 0 saturated heterocycles. The number of aryl methyl sites for hydroxylation is 2. The molecule has 1 heterocycles. The molecule has 4 nitrogen and oxygen atoms in total. The Balaban J connectivity index is 2.01. The van der Waals surface area contributed by atoms with Gasteiger partial charge >= 0.3 is 5.97 Å². The van der Waals surface area contributed by atoms with Crippen molar-refractivity contribution < 1.29 is 9.90 Å². The van der Waals surface area contributed by atoms with Crippen LogP contribution in [0.25, 0.3) is 11.3 Å². The molecule has 25 heavy (non-hydrogen) atoms. The third-order valence-corrected chi connectivity index (χ3v) is 4.93. The second-order valence-electron chi connectivity index (χ2n) is 5.82. The van der Waals surface area contributed by atoms with Crippen molar-refractivity contribution in [3.8, 4) is 11.3 Å². The molecule has 2 aromatic carbocycles. The predicted molar refractivity (Wildman–Crippen MR) is 103 cm³/mol. The van der Waals surface area contributed by atoms with Gasteiger partial charge in [0.05, 0.1) is 12.1 Å². The van der Waals surface area contributed by atoms with Gasteiger partial charge in [0.2, 0.25) is 0 Å². The van der Waals surface area contributed by atoms with Crippen LogP contribution in [0.3, 0.4) is 0 Å². The summed E-state index contributed by atoms with van der Waals surface area (Å²) in [5.74, 6) is -0.871. The molecule has 0 aliphatic heterocycles. The Bertz CT molecular complexity index is 937. The van der Waals surface area contributed by atoms with Crippen LogP contribution in [0.2, 0.25) is 5.02 Å². The number of aromatic nitrogens is 1. The zero-order valence-electron chi connectivity index (χ0n) is 13.8. The third-order valence-electron chi connectivity index (χ3n) is 3.72. The number of anilines is 2. The number of hydrogen-bond acceptors (Lipinski definition) is 4. The lowest BCUT2D eigenvalue weighted by atomic mass is 10.0. The second-order valence-corrected chi connectivity index (χ2v) is 7.34. The molecule has 128 valence electrons. The van der Waals surface area contributed by atoms with E-state index in [4.69, 9.17) is 11.6 Å². The summed E-state index contributed by atoms with van der Waals surface area (Å²) in [6, 6.07) is 13.4. The average Bonchev–Trinajstić information content (AvgIpc) is 2.88. The summed E-state index contributed by atoms with van der Waals surface area (Å²) in [5, 5.41) is 13.7. The molecule has 0 amide bonds. The van der Waals surface area contributed by atoms with E-state index in [1.54, 1.807) is 12.1 Å². The molecule has 0 fully saturated rings. The van der Waals surface area contributed by atoms with Crippen LogP contribution < -0.4 is 5.32 Å². The van der Waals surface area contributed by atoms with Crippen LogP contribution in [0.4, 0.5) is 10.8 Å². The smallest absolute Gasteiger partial charge is 0.308 e. The molecule has 0 atom stereocenters. The fourth-order valence-electron chi connectivity index (χ4n) is 2.64. The van der Waals surface area contributed by atoms with Gasteiger partial charge in [-0.2, -0.15) is 0 Å². The molecule has 0 spiro atoms. The van der Waals surface area contributed by atoms with Gasteiger partial charge in [0.25, 0.3) is 0 Å². The van der Waals surface area contributed by atoms with E-state index in [9.17, 15) is 9.90 Å². The Morgan fingerprint density at radius 2 is 2.04 bits per heavy atom. The van der Waals surface area contributed by atoms with E-state index >= 15 is 0 Å². The Morgan fingerprint density at radius 1 is 1.24 bits per heavy atom. The van der Waals surface area contributed by atoms with Gasteiger partial charge in [0.1, 0.15) is 0 Å². The highest BCUT2D eigenvalue weighted by atomic mass is 35.5. The lowest BCUT2D eigenvalue weighted by Crippen LogP contribution is -2.00. The van der Waals surface area contributed by atoms with Gasteiger partial charge in [-0.25, -0.2) is 4.98 Å². The zero-order chi connectivity index (χ0) is 18.0. The van der Waals surface area contributed by atoms with Crippen LogP contribution in [-0.4, -0.2) is 16.1 Å². The summed E-state index contributed by atoms with van der Waals surface area (Å²) in [6.45, 7) is 4.04. The molecule has 2 N–H and O–H groups in total. The standard InChI is InChI=1S/C19H17ClN2O2S/c1-11-6-7-15(12(2)8-11)18-16(10-17(23)24)25-19(22-18)21-14-5-3-4-13(20)9-14/h3-9H,10H2,1-2H3,(H,21,22)(H,23,24). The van der Waals surface area contributed by atoms with Crippen molar-refractivity contribution in [3.05, 3.63) is 63.5 Å². The molecule has 0 unspecified atom stereocenters. The van der Waals surface area contributed by atoms with Crippen molar-refractivity contribution in [3.63, 3.8) is 0 Å². The number of benzene rings is 2. The highest BCUT2D eigenvalue weighted by Crippen LogP contribution is 2.35. The normalized spacial score (nSPS) is 10.7. The molecule has 3 aromatic rings. The van der Waals surface area contributed by atoms with Crippen LogP contribution in [0, 0.1) is 13.8 Å². The van der Waals surface area contributed by atoms with Gasteiger partial charge in [-0.1, -0.05) is 41.4 Å². The van der Waals surface area contributed by atoms with E-state index in [-0.39, 0.29) is 6.42 Å². The van der Waals surface area contributed by atoms with Crippen molar-refractivity contribution >= 4 is 39.7 Å². The lowest BCUT2D eigenvalue weighted by Gasteiger charge is -2.06. The molecule has 0 saturated carbocycles. The number of aliphatic carboxylic acids is 1. The first-order valence-corrected chi connectivity index (χ1v) is 8.93. The molecule has 0 aliphatic carbocycles. The fourth-order valence-corrected chi connectivity index (χ4v) is 3.82. The van der Waals surface area contributed by atoms with Crippen molar-refractivity contribution in [1.82, 2.24) is 4.98 Å². The number of hydrogen-bond donors (Lipinski definition) is 2. The topological polar surface area (TPSA) is 62.2 Å². The van der Waals surface area contributed by atoms with Crippen molar-refractivity contribution in [2.45, 2.75) is 20.3 Å². The third kappa shape index (κ3) is 4.18. The number of carboxylic acids is 1. The molecule has 1 aromatic heterocycles. The van der Waals surface area contributed by atoms with E-state index in [0.29, 0.717) is 10.2 Å². The molecule has 6 heteroatoms. The molecular formula is C19H17ClN2O2S. The van der Waals surface area contributed by atoms with Crippen LogP contribution >= 0.6 is 22.9 Å². The number of carboxylic acid groups (broad SMARTS) is 1. The number of halogens is 1. The first kappa shape index (κ1) is 17.5. The monoisotopic (exact) mass is 372 g/mol. The molecule has 0 aliphatic rings. The number of nitrogens with one attached hydrogen (secondary N) is 1. The Labute approximate surface area is 155 Å². The van der Waals surface area contributed by atoms with E-state index in [2.05, 4.69) is 16.4 Å². The minimum atomic E-state index is -0.871. The number of nitrogens with zero attached hydrogens (tertiary/aromatic N) is 1. The summed E-state index contributed by atoms with van der Waals surface area (Å²) >= 11 is 7.36. The Morgan fingerprint density at radius 3 is 2.72 bits per heavy atom. The predicted octanol–water partition coefficient (Wildman–Crippen LogP) is 5.45. The van der Waals surface area contributed by atoms with E-state index in [1.165, 1.54) is 11.3 Å². The highest BCUT2D eigenvalue weighted by molar-refractivity contribution is 7.16. The first-order valence-electron chi connectivity index (χ1n) is 7.74. The quantitative estimate of drug-likeness (QED) is 0.625. The van der Waals surface area contributed by atoms with Gasteiger partial charge < -0.3 is 10.4 Å². The molecule has 3 rings (SSSR count). The lowest BCUT2D eigenvalue weighted by molar-refractivity contribution is -0.136. The fraction of sp³-hybridized carbons (Fsp3) is 0.158. The largest absolute Gasteiger partial charge is 0.481 e. The van der Waals surface area contributed by atoms with Crippen LogP contribution in [-0.2, 0) is 11.2 Å². The number of thiazole rings is 1. The zero-order valence-corrected chi connectivity index (χ0v) is 15.4. The van der Waals surface area contributed by atoms with Crippen molar-refractivity contribution in [1.29, 1.82) is 0 Å². The summed E-state index contributed by atoms with van der Waals surface area (Å²) in [4.78, 5) is 16.6. The maximum Gasteiger partial charge on any atom is 0.308 e. The summed E-state index contributed by atoms with van der Waals surface area (Å²) in [6.07, 6.45) is -0.0580. The second kappa shape index (κ2) is 7.25. The minimum Gasteiger partial charge on any atom is -0.481 e. The van der Waals surface area contributed by atoms with Gasteiger partial charge in [-0.05, 0) is 37.6 Å². The van der Waals surface area contributed by atoms with E-state index in [1.807, 2.05) is 38.1 Å². The summed E-state index contributed by atoms with van der Waals surface area (Å²) in [7, 11) is 0. The highest BCUT2D eigenvalue weighted by Gasteiger charge is 2.17. The SMILES string of the molecule is Cc1ccc(-c2nc(Nc3cccc(Cl)c3)sc2CC(=O)O)c(C)c1. The summed E-state index contributed by atoms with van der Waals surface area (Å²) in [5.41, 5.74) is 4.72. The van der Waals surface area contributed by atoms with Gasteiger partial charge in [0, 0.05) is 21.2 Å². The van der Waals surface area contributed by atoms with E-state index < -0.39 is 5.97 Å². The molecule has 0 radical (unpaired) electrons. The molecular weight excluding hydrogens is 356 g/mol. The maximum absolute atomic E-state index is 11.2. The van der Waals surface area contributed by atoms with Crippen LogP contribution in [0.1, 0.15) is 16.0 Å². The van der Waals surface area contributed by atoms with Gasteiger partial charge in [-0.3, -0.25) is 4.79 Å². The van der Waals surface area contributed by atoms with Crippen molar-refractivity contribution in [2.24, 2.45) is 0 Å². The van der Waals surface area contributed by atoms with Gasteiger partial charge in [0.15, 0.2) is 5.13 Å². The minimum absolute atomic E-state index is 0.0580. The van der Waals surface area contributed by atoms with E-state index in [0.717, 1.165) is 32.9 Å². The van der Waals surface area contributed by atoms with Crippen LogP contribution in [0.15, 0.2) is 42.5 Å². The molecule has 0 bridgehead atoms. The first-order chi connectivity index (χ1) is 11.9. The Kier molecular flexibility index (Phi) is 5.06. The van der Waals surface area contributed by atoms with Crippen LogP contribution in [0.5, 0.6) is 0 Å². The number of carbonyl (C=O) groups is 1. The average molecular weight is 373 g/mol. The maximum atomic E-state index is 11.2. The van der Waals surface area contributed by atoms with Gasteiger partial charge in [-0.15, -0.1) is 11.3 Å². The summed E-state index contributed by atoms with van der Waals surface area (Å²) < 4.78 is 0. The number of rotatable bonds is 5. The Hall–Kier alpha value is -2.37. The van der Waals surface area contributed by atoms with Crippen molar-refractivity contribution in [2.75, 3.05) is 5.32 Å².